The first kappa shape index (κ1) is 21.4. The van der Waals surface area contributed by atoms with Crippen LogP contribution in [0.3, 0.4) is 0 Å². The topological polar surface area (TPSA) is 76.7 Å². The Morgan fingerprint density at radius 2 is 1.94 bits per heavy atom. The van der Waals surface area contributed by atoms with Crippen LogP contribution >= 0.6 is 0 Å². The molecule has 0 saturated carbocycles. The summed E-state index contributed by atoms with van der Waals surface area (Å²) in [6, 6.07) is 5.75. The van der Waals surface area contributed by atoms with Crippen molar-refractivity contribution in [2.75, 3.05) is 31.1 Å². The average molecular weight is 456 g/mol. The molecule has 1 aliphatic heterocycles. The van der Waals surface area contributed by atoms with Crippen LogP contribution in [0.1, 0.15) is 12.0 Å². The Bertz CT molecular complexity index is 1270. The molecule has 1 saturated heterocycles. The van der Waals surface area contributed by atoms with Gasteiger partial charge in [-0.25, -0.2) is 9.67 Å². The van der Waals surface area contributed by atoms with Gasteiger partial charge in [0.25, 0.3) is 0 Å². The molecule has 0 unspecified atom stereocenters. The van der Waals surface area contributed by atoms with Crippen LogP contribution in [-0.2, 0) is 6.54 Å². The fourth-order valence-electron chi connectivity index (χ4n) is 4.03. The summed E-state index contributed by atoms with van der Waals surface area (Å²) >= 11 is 0. The largest absolute Gasteiger partial charge is 0.408 e. The first-order valence-corrected chi connectivity index (χ1v) is 10.7. The predicted molar refractivity (Wildman–Crippen MR) is 118 cm³/mol. The number of anilines is 1. The Balaban J connectivity index is 1.50. The van der Waals surface area contributed by atoms with Crippen LogP contribution in [0.2, 0.25) is 0 Å². The lowest BCUT2D eigenvalue weighted by atomic mass is 10.2. The van der Waals surface area contributed by atoms with E-state index in [1.54, 1.807) is 23.1 Å². The second-order valence-electron chi connectivity index (χ2n) is 8.13. The van der Waals surface area contributed by atoms with Gasteiger partial charge in [0.05, 0.1) is 23.6 Å². The highest BCUT2D eigenvalue weighted by molar-refractivity contribution is 5.83. The van der Waals surface area contributed by atoms with Gasteiger partial charge < -0.3 is 10.2 Å². The number of hydrogen-bond donors (Lipinski definition) is 1. The van der Waals surface area contributed by atoms with Crippen LogP contribution < -0.4 is 10.2 Å². The second kappa shape index (κ2) is 8.47. The van der Waals surface area contributed by atoms with E-state index in [0.717, 1.165) is 59.6 Å². The van der Waals surface area contributed by atoms with E-state index < -0.39 is 12.7 Å². The molecule has 0 spiro atoms. The van der Waals surface area contributed by atoms with Gasteiger partial charge in [-0.1, -0.05) is 6.07 Å². The van der Waals surface area contributed by atoms with Crippen LogP contribution in [0.5, 0.6) is 0 Å². The van der Waals surface area contributed by atoms with Crippen LogP contribution in [0.15, 0.2) is 43.0 Å². The number of nitrogens with one attached hydrogen (secondary N) is 1. The van der Waals surface area contributed by atoms with Crippen molar-refractivity contribution in [1.29, 1.82) is 0 Å². The average Bonchev–Trinajstić information content (AvgIpc) is 3.31. The molecule has 4 aromatic rings. The van der Waals surface area contributed by atoms with Crippen LogP contribution in [0.25, 0.3) is 28.0 Å². The normalized spacial score (nSPS) is 15.2. The molecule has 33 heavy (non-hydrogen) atoms. The summed E-state index contributed by atoms with van der Waals surface area (Å²) in [7, 11) is 0. The van der Waals surface area contributed by atoms with Crippen molar-refractivity contribution in [2.45, 2.75) is 26.1 Å². The first-order chi connectivity index (χ1) is 15.9. The minimum atomic E-state index is -4.34. The maximum Gasteiger partial charge on any atom is 0.408 e. The SMILES string of the molecule is Cc1ccc(-n2ncc3cnc(-c4cnn(CC(F)(F)F)c4)cc32)nc1N1CCCNCC1. The highest BCUT2D eigenvalue weighted by Crippen LogP contribution is 2.26. The maximum absolute atomic E-state index is 12.7. The molecule has 0 radical (unpaired) electrons. The van der Waals surface area contributed by atoms with Crippen LogP contribution in [0, 0.1) is 6.92 Å². The number of pyridine rings is 2. The zero-order valence-electron chi connectivity index (χ0n) is 18.0. The first-order valence-electron chi connectivity index (χ1n) is 10.7. The number of nitrogens with zero attached hydrogens (tertiary/aromatic N) is 7. The molecular weight excluding hydrogens is 433 g/mol. The summed E-state index contributed by atoms with van der Waals surface area (Å²) in [5.41, 5.74) is 2.88. The number of aryl methyl sites for hydroxylation is 1. The number of fused-ring (bicyclic) bond motifs is 1. The molecule has 1 N–H and O–H groups in total. The molecule has 172 valence electrons. The maximum atomic E-state index is 12.7. The molecule has 0 aliphatic carbocycles. The summed E-state index contributed by atoms with van der Waals surface area (Å²) in [5.74, 6) is 1.61. The quantitative estimate of drug-likeness (QED) is 0.508. The molecule has 5 rings (SSSR count). The van der Waals surface area contributed by atoms with Gasteiger partial charge in [0.1, 0.15) is 12.4 Å². The Hall–Kier alpha value is -3.47. The van der Waals surface area contributed by atoms with Gasteiger partial charge in [-0.05, 0) is 37.6 Å². The number of hydrogen-bond acceptors (Lipinski definition) is 6. The van der Waals surface area contributed by atoms with Crippen molar-refractivity contribution in [3.63, 3.8) is 0 Å². The third kappa shape index (κ3) is 4.54. The monoisotopic (exact) mass is 456 g/mol. The van der Waals surface area contributed by atoms with Crippen LogP contribution in [0.4, 0.5) is 19.0 Å². The molecule has 4 aromatic heterocycles. The second-order valence-corrected chi connectivity index (χ2v) is 8.13. The van der Waals surface area contributed by atoms with E-state index >= 15 is 0 Å². The lowest BCUT2D eigenvalue weighted by molar-refractivity contribution is -0.142. The zero-order valence-corrected chi connectivity index (χ0v) is 18.0. The molecule has 11 heteroatoms. The summed E-state index contributed by atoms with van der Waals surface area (Å²) in [6.45, 7) is 4.62. The van der Waals surface area contributed by atoms with Crippen molar-refractivity contribution >= 4 is 16.7 Å². The number of halogens is 3. The molecule has 1 fully saturated rings. The van der Waals surface area contributed by atoms with Crippen molar-refractivity contribution in [2.24, 2.45) is 0 Å². The van der Waals surface area contributed by atoms with Crippen LogP contribution in [-0.4, -0.2) is 61.9 Å². The lowest BCUT2D eigenvalue weighted by Gasteiger charge is -2.23. The highest BCUT2D eigenvalue weighted by Gasteiger charge is 2.28. The van der Waals surface area contributed by atoms with E-state index in [0.29, 0.717) is 17.1 Å². The number of alkyl halides is 3. The molecule has 0 bridgehead atoms. The van der Waals surface area contributed by atoms with Crippen molar-refractivity contribution in [3.05, 3.63) is 48.5 Å². The Labute approximate surface area is 188 Å². The summed E-state index contributed by atoms with van der Waals surface area (Å²) in [4.78, 5) is 11.6. The molecule has 8 nitrogen and oxygen atoms in total. The minimum absolute atomic E-state index is 0.503. The third-order valence-electron chi connectivity index (χ3n) is 5.63. The van der Waals surface area contributed by atoms with E-state index in [2.05, 4.69) is 25.4 Å². The Morgan fingerprint density at radius 3 is 2.79 bits per heavy atom. The van der Waals surface area contributed by atoms with E-state index in [1.165, 1.54) is 12.4 Å². The summed E-state index contributed by atoms with van der Waals surface area (Å²) in [5, 5.41) is 12.5. The molecule has 5 heterocycles. The van der Waals surface area contributed by atoms with Gasteiger partial charge in [-0.3, -0.25) is 9.67 Å². The van der Waals surface area contributed by atoms with Crippen molar-refractivity contribution in [1.82, 2.24) is 34.8 Å². The van der Waals surface area contributed by atoms with Crippen molar-refractivity contribution < 1.29 is 13.2 Å². The standard InChI is InChI=1S/C22H23F3N8/c1-15-3-4-20(30-21(15)31-7-2-5-26-6-8-31)33-19-9-18(27-10-16(19)11-29-33)17-12-28-32(13-17)14-22(23,24)25/h3-4,9-13,26H,2,5-8,14H2,1H3. The molecule has 0 amide bonds. The molecular formula is C22H23F3N8. The smallest absolute Gasteiger partial charge is 0.355 e. The van der Waals surface area contributed by atoms with Gasteiger partial charge in [-0.2, -0.15) is 23.4 Å². The van der Waals surface area contributed by atoms with Gasteiger partial charge in [0.2, 0.25) is 0 Å². The summed E-state index contributed by atoms with van der Waals surface area (Å²) < 4.78 is 40.6. The van der Waals surface area contributed by atoms with Gasteiger partial charge >= 0.3 is 6.18 Å². The van der Waals surface area contributed by atoms with Gasteiger partial charge in [0, 0.05) is 43.0 Å². The van der Waals surface area contributed by atoms with E-state index in [1.807, 2.05) is 19.1 Å². The fraction of sp³-hybridized carbons (Fsp3) is 0.364. The van der Waals surface area contributed by atoms with E-state index in [9.17, 15) is 13.2 Å². The van der Waals surface area contributed by atoms with Gasteiger partial charge in [-0.15, -0.1) is 0 Å². The highest BCUT2D eigenvalue weighted by atomic mass is 19.4. The fourth-order valence-corrected chi connectivity index (χ4v) is 4.03. The van der Waals surface area contributed by atoms with Gasteiger partial charge in [0.15, 0.2) is 5.82 Å². The predicted octanol–water partition coefficient (Wildman–Crippen LogP) is 3.35. The molecule has 0 atom stereocenters. The Morgan fingerprint density at radius 1 is 1.06 bits per heavy atom. The van der Waals surface area contributed by atoms with E-state index in [-0.39, 0.29) is 0 Å². The minimum Gasteiger partial charge on any atom is -0.355 e. The Kier molecular flexibility index (Phi) is 5.49. The third-order valence-corrected chi connectivity index (χ3v) is 5.63. The molecule has 0 aromatic carbocycles. The summed E-state index contributed by atoms with van der Waals surface area (Å²) in [6.07, 6.45) is 2.81. The van der Waals surface area contributed by atoms with E-state index in [4.69, 9.17) is 4.98 Å². The lowest BCUT2D eigenvalue weighted by Crippen LogP contribution is -2.29. The van der Waals surface area contributed by atoms with Crippen molar-refractivity contribution in [3.8, 4) is 17.1 Å². The molecule has 1 aliphatic rings. The number of rotatable bonds is 4. The zero-order chi connectivity index (χ0) is 23.0. The number of aromatic nitrogens is 6.